The lowest BCUT2D eigenvalue weighted by Gasteiger charge is -2.18. The van der Waals surface area contributed by atoms with Crippen molar-refractivity contribution in [3.63, 3.8) is 0 Å². The van der Waals surface area contributed by atoms with Gasteiger partial charge in [-0.15, -0.1) is 0 Å². The number of carbonyl (C=O) groups excluding carboxylic acids is 1. The van der Waals surface area contributed by atoms with Crippen molar-refractivity contribution in [1.29, 1.82) is 0 Å². The van der Waals surface area contributed by atoms with Crippen molar-refractivity contribution in [2.45, 2.75) is 6.42 Å². The molecule has 1 heterocycles. The molecule has 0 atom stereocenters. The first-order valence-electron chi connectivity index (χ1n) is 6.11. The summed E-state index contributed by atoms with van der Waals surface area (Å²) in [6.45, 7) is 0.693. The number of nitrogens with zero attached hydrogens (tertiary/aromatic N) is 1. The Balaban J connectivity index is 1.98. The number of halogens is 1. The highest BCUT2D eigenvalue weighted by Gasteiger charge is 2.26. The van der Waals surface area contributed by atoms with Crippen LogP contribution in [0.15, 0.2) is 42.5 Å². The number of rotatable bonds is 1. The molecule has 0 fully saturated rings. The van der Waals surface area contributed by atoms with Crippen molar-refractivity contribution in [2.24, 2.45) is 0 Å². The second kappa shape index (κ2) is 4.59. The monoisotopic (exact) mass is 272 g/mol. The summed E-state index contributed by atoms with van der Waals surface area (Å²) in [6, 6.07) is 12.9. The van der Waals surface area contributed by atoms with Crippen LogP contribution < -0.4 is 10.6 Å². The molecule has 0 unspecified atom stereocenters. The summed E-state index contributed by atoms with van der Waals surface area (Å²) in [5.74, 6) is -0.0741. The number of carbonyl (C=O) groups is 1. The van der Waals surface area contributed by atoms with Gasteiger partial charge in [0.15, 0.2) is 0 Å². The number of hydrogen-bond acceptors (Lipinski definition) is 2. The van der Waals surface area contributed by atoms with Crippen LogP contribution in [0.4, 0.5) is 11.4 Å². The van der Waals surface area contributed by atoms with E-state index in [4.69, 9.17) is 17.3 Å². The lowest BCUT2D eigenvalue weighted by Crippen LogP contribution is -2.29. The first-order valence-corrected chi connectivity index (χ1v) is 6.49. The van der Waals surface area contributed by atoms with Crippen molar-refractivity contribution < 1.29 is 4.79 Å². The minimum absolute atomic E-state index is 0.0741. The Morgan fingerprint density at radius 3 is 2.79 bits per heavy atom. The van der Waals surface area contributed by atoms with Gasteiger partial charge in [-0.1, -0.05) is 29.8 Å². The molecule has 0 saturated carbocycles. The molecule has 0 aliphatic carbocycles. The lowest BCUT2D eigenvalue weighted by atomic mass is 10.1. The van der Waals surface area contributed by atoms with E-state index < -0.39 is 0 Å². The standard InChI is InChI=1S/C15H13ClN2O/c16-13-9-11(17)5-6-12(13)15(19)18-8-7-10-3-1-2-4-14(10)18/h1-6,9H,7-8,17H2. The topological polar surface area (TPSA) is 46.3 Å². The smallest absolute Gasteiger partial charge is 0.259 e. The van der Waals surface area contributed by atoms with Crippen molar-refractivity contribution in [2.75, 3.05) is 17.2 Å². The number of fused-ring (bicyclic) bond motifs is 1. The zero-order valence-electron chi connectivity index (χ0n) is 10.3. The average molecular weight is 273 g/mol. The normalized spacial score (nSPS) is 13.4. The van der Waals surface area contributed by atoms with Crippen LogP contribution in [0.25, 0.3) is 0 Å². The fraction of sp³-hybridized carbons (Fsp3) is 0.133. The van der Waals surface area contributed by atoms with Gasteiger partial charge in [0, 0.05) is 17.9 Å². The molecule has 0 saturated heterocycles. The minimum atomic E-state index is -0.0741. The Kier molecular flexibility index (Phi) is 2.91. The quantitative estimate of drug-likeness (QED) is 0.811. The number of anilines is 2. The van der Waals surface area contributed by atoms with E-state index in [1.54, 1.807) is 23.1 Å². The van der Waals surface area contributed by atoms with Crippen LogP contribution in [0.1, 0.15) is 15.9 Å². The molecule has 3 nitrogen and oxygen atoms in total. The first-order chi connectivity index (χ1) is 9.16. The largest absolute Gasteiger partial charge is 0.399 e. The molecule has 1 amide bonds. The van der Waals surface area contributed by atoms with Crippen LogP contribution in [0, 0.1) is 0 Å². The van der Waals surface area contributed by atoms with Gasteiger partial charge in [0.2, 0.25) is 0 Å². The predicted octanol–water partition coefficient (Wildman–Crippen LogP) is 3.13. The van der Waals surface area contributed by atoms with Crippen LogP contribution in [0.5, 0.6) is 0 Å². The minimum Gasteiger partial charge on any atom is -0.399 e. The Bertz CT molecular complexity index is 654. The molecule has 0 aromatic heterocycles. The van der Waals surface area contributed by atoms with Gasteiger partial charge in [-0.05, 0) is 36.2 Å². The first kappa shape index (κ1) is 12.1. The summed E-state index contributed by atoms with van der Waals surface area (Å²) in [6.07, 6.45) is 0.883. The van der Waals surface area contributed by atoms with E-state index in [0.29, 0.717) is 22.8 Å². The van der Waals surface area contributed by atoms with Crippen LogP contribution in [0.3, 0.4) is 0 Å². The Morgan fingerprint density at radius 2 is 2.00 bits per heavy atom. The highest BCUT2D eigenvalue weighted by Crippen LogP contribution is 2.30. The SMILES string of the molecule is Nc1ccc(C(=O)N2CCc3ccccc32)c(Cl)c1. The molecular formula is C15H13ClN2O. The van der Waals surface area contributed by atoms with Crippen LogP contribution in [-0.2, 0) is 6.42 Å². The van der Waals surface area contributed by atoms with Gasteiger partial charge in [0.05, 0.1) is 10.6 Å². The number of hydrogen-bond donors (Lipinski definition) is 1. The maximum absolute atomic E-state index is 12.5. The van der Waals surface area contributed by atoms with Gasteiger partial charge in [0.1, 0.15) is 0 Å². The Hall–Kier alpha value is -2.00. The Labute approximate surface area is 116 Å². The maximum Gasteiger partial charge on any atom is 0.259 e. The number of para-hydroxylation sites is 1. The van der Waals surface area contributed by atoms with E-state index >= 15 is 0 Å². The van der Waals surface area contributed by atoms with Gasteiger partial charge in [0.25, 0.3) is 5.91 Å². The lowest BCUT2D eigenvalue weighted by molar-refractivity contribution is 0.0989. The highest BCUT2D eigenvalue weighted by molar-refractivity contribution is 6.34. The molecule has 0 spiro atoms. The van der Waals surface area contributed by atoms with E-state index in [2.05, 4.69) is 0 Å². The van der Waals surface area contributed by atoms with Gasteiger partial charge in [-0.3, -0.25) is 4.79 Å². The molecule has 3 rings (SSSR count). The summed E-state index contributed by atoms with van der Waals surface area (Å²) in [7, 11) is 0. The summed E-state index contributed by atoms with van der Waals surface area (Å²) < 4.78 is 0. The van der Waals surface area contributed by atoms with E-state index in [-0.39, 0.29) is 5.91 Å². The molecular weight excluding hydrogens is 260 g/mol. The van der Waals surface area contributed by atoms with Crippen molar-refractivity contribution >= 4 is 28.9 Å². The van der Waals surface area contributed by atoms with Crippen molar-refractivity contribution in [3.8, 4) is 0 Å². The summed E-state index contributed by atoms with van der Waals surface area (Å²) in [4.78, 5) is 14.3. The van der Waals surface area contributed by atoms with Crippen LogP contribution in [0.2, 0.25) is 5.02 Å². The zero-order chi connectivity index (χ0) is 13.4. The van der Waals surface area contributed by atoms with E-state index in [1.165, 1.54) is 5.56 Å². The van der Waals surface area contributed by atoms with E-state index in [9.17, 15) is 4.79 Å². The summed E-state index contributed by atoms with van der Waals surface area (Å²) in [5.41, 5.74) is 8.87. The molecule has 2 N–H and O–H groups in total. The van der Waals surface area contributed by atoms with Gasteiger partial charge in [-0.2, -0.15) is 0 Å². The van der Waals surface area contributed by atoms with Gasteiger partial charge < -0.3 is 10.6 Å². The molecule has 96 valence electrons. The third kappa shape index (κ3) is 2.06. The number of amides is 1. The van der Waals surface area contributed by atoms with Crippen LogP contribution >= 0.6 is 11.6 Å². The molecule has 2 aromatic rings. The fourth-order valence-electron chi connectivity index (χ4n) is 2.40. The highest BCUT2D eigenvalue weighted by atomic mass is 35.5. The van der Waals surface area contributed by atoms with Crippen molar-refractivity contribution in [3.05, 3.63) is 58.6 Å². The second-order valence-electron chi connectivity index (χ2n) is 4.57. The maximum atomic E-state index is 12.5. The predicted molar refractivity (Wildman–Crippen MR) is 77.7 cm³/mol. The summed E-state index contributed by atoms with van der Waals surface area (Å²) in [5, 5.41) is 0.398. The van der Waals surface area contributed by atoms with Crippen molar-refractivity contribution in [1.82, 2.24) is 0 Å². The van der Waals surface area contributed by atoms with Gasteiger partial charge in [-0.25, -0.2) is 0 Å². The molecule has 4 heteroatoms. The zero-order valence-corrected chi connectivity index (χ0v) is 11.0. The second-order valence-corrected chi connectivity index (χ2v) is 4.98. The third-order valence-corrected chi connectivity index (χ3v) is 3.67. The van der Waals surface area contributed by atoms with Crippen LogP contribution in [-0.4, -0.2) is 12.5 Å². The number of nitrogens with two attached hydrogens (primary N) is 1. The Morgan fingerprint density at radius 1 is 1.21 bits per heavy atom. The molecule has 1 aliphatic rings. The number of benzene rings is 2. The van der Waals surface area contributed by atoms with Gasteiger partial charge >= 0.3 is 0 Å². The average Bonchev–Trinajstić information content (AvgIpc) is 2.82. The molecule has 0 radical (unpaired) electrons. The summed E-state index contributed by atoms with van der Waals surface area (Å²) >= 11 is 6.10. The van der Waals surface area contributed by atoms with E-state index in [0.717, 1.165) is 12.1 Å². The van der Waals surface area contributed by atoms with E-state index in [1.807, 2.05) is 24.3 Å². The molecule has 2 aromatic carbocycles. The molecule has 1 aliphatic heterocycles. The third-order valence-electron chi connectivity index (χ3n) is 3.36. The molecule has 0 bridgehead atoms. The molecule has 19 heavy (non-hydrogen) atoms. The number of nitrogen functional groups attached to an aromatic ring is 1. The fourth-order valence-corrected chi connectivity index (χ4v) is 2.67.